The Balaban J connectivity index is 1.79. The first-order valence-electron chi connectivity index (χ1n) is 7.59. The fraction of sp³-hybridized carbons (Fsp3) is 0.688. The van der Waals surface area contributed by atoms with Gasteiger partial charge in [0.1, 0.15) is 0 Å². The summed E-state index contributed by atoms with van der Waals surface area (Å²) in [5.41, 5.74) is 0.704. The van der Waals surface area contributed by atoms with Crippen LogP contribution in [0, 0.1) is 11.7 Å². The van der Waals surface area contributed by atoms with E-state index in [0.717, 1.165) is 12.5 Å². The average Bonchev–Trinajstić information content (AvgIpc) is 2.98. The van der Waals surface area contributed by atoms with Crippen LogP contribution in [0.1, 0.15) is 45.6 Å². The number of fused-ring (bicyclic) bond motifs is 2. The Bertz CT molecular complexity index is 495. The monoisotopic (exact) mass is 277 g/mol. The predicted molar refractivity (Wildman–Crippen MR) is 79.3 cm³/mol. The van der Waals surface area contributed by atoms with Gasteiger partial charge in [-0.1, -0.05) is 0 Å². The van der Waals surface area contributed by atoms with Gasteiger partial charge in [0.15, 0.2) is 11.6 Å². The summed E-state index contributed by atoms with van der Waals surface area (Å²) >= 11 is 0. The zero-order chi connectivity index (χ0) is 14.3. The normalized spacial score (nSPS) is 25.5. The van der Waals surface area contributed by atoms with Crippen LogP contribution in [-0.2, 0) is 6.54 Å². The Morgan fingerprint density at radius 3 is 2.80 bits per heavy atom. The number of halogens is 1. The lowest BCUT2D eigenvalue weighted by Crippen LogP contribution is -2.36. The molecular formula is C16H24FN3. The largest absolute Gasteiger partial charge is 0.351 e. The van der Waals surface area contributed by atoms with Gasteiger partial charge in [-0.3, -0.25) is 0 Å². The second-order valence-electron chi connectivity index (χ2n) is 7.20. The van der Waals surface area contributed by atoms with Crippen LogP contribution in [0.3, 0.4) is 0 Å². The smallest absolute Gasteiger partial charge is 0.170 e. The van der Waals surface area contributed by atoms with Gasteiger partial charge in [-0.05, 0) is 52.0 Å². The zero-order valence-electron chi connectivity index (χ0n) is 12.6. The summed E-state index contributed by atoms with van der Waals surface area (Å²) in [7, 11) is 0. The Labute approximate surface area is 120 Å². The molecule has 110 valence electrons. The summed E-state index contributed by atoms with van der Waals surface area (Å²) in [5, 5.41) is 3.34. The minimum Gasteiger partial charge on any atom is -0.351 e. The zero-order valence-corrected chi connectivity index (χ0v) is 12.6. The third-order valence-electron chi connectivity index (χ3n) is 4.44. The number of hydrogen-bond acceptors (Lipinski definition) is 3. The molecule has 2 unspecified atom stereocenters. The van der Waals surface area contributed by atoms with E-state index >= 15 is 0 Å². The van der Waals surface area contributed by atoms with Crippen LogP contribution in [-0.4, -0.2) is 23.1 Å². The SMILES string of the molecule is CC(C)(C)NCc1ccnc(N2CC3CCC2C3)c1F. The van der Waals surface area contributed by atoms with E-state index in [9.17, 15) is 4.39 Å². The first-order valence-corrected chi connectivity index (χ1v) is 7.59. The molecule has 3 rings (SSSR count). The van der Waals surface area contributed by atoms with E-state index in [1.807, 2.05) is 0 Å². The molecule has 1 aliphatic carbocycles. The molecule has 0 radical (unpaired) electrons. The minimum absolute atomic E-state index is 0.0113. The maximum absolute atomic E-state index is 14.7. The van der Waals surface area contributed by atoms with Crippen LogP contribution in [0.2, 0.25) is 0 Å². The van der Waals surface area contributed by atoms with E-state index in [4.69, 9.17) is 0 Å². The van der Waals surface area contributed by atoms with Crippen molar-refractivity contribution in [3.8, 4) is 0 Å². The number of anilines is 1. The Kier molecular flexibility index (Phi) is 3.44. The van der Waals surface area contributed by atoms with Crippen LogP contribution in [0.5, 0.6) is 0 Å². The molecule has 4 heteroatoms. The number of hydrogen-bond donors (Lipinski definition) is 1. The van der Waals surface area contributed by atoms with Crippen LogP contribution >= 0.6 is 0 Å². The van der Waals surface area contributed by atoms with E-state index < -0.39 is 0 Å². The van der Waals surface area contributed by atoms with E-state index in [-0.39, 0.29) is 11.4 Å². The molecule has 1 aromatic heterocycles. The summed E-state index contributed by atoms with van der Waals surface area (Å²) in [6.07, 6.45) is 5.44. The van der Waals surface area contributed by atoms with Gasteiger partial charge in [0.25, 0.3) is 0 Å². The van der Waals surface area contributed by atoms with Crippen molar-refractivity contribution >= 4 is 5.82 Å². The summed E-state index contributed by atoms with van der Waals surface area (Å²) in [6.45, 7) is 7.79. The maximum Gasteiger partial charge on any atom is 0.170 e. The predicted octanol–water partition coefficient (Wildman–Crippen LogP) is 3.10. The van der Waals surface area contributed by atoms with Crippen molar-refractivity contribution in [3.63, 3.8) is 0 Å². The van der Waals surface area contributed by atoms with Gasteiger partial charge in [-0.25, -0.2) is 9.37 Å². The quantitative estimate of drug-likeness (QED) is 0.920. The lowest BCUT2D eigenvalue weighted by molar-refractivity contribution is 0.418. The topological polar surface area (TPSA) is 28.2 Å². The van der Waals surface area contributed by atoms with Crippen molar-refractivity contribution in [2.24, 2.45) is 5.92 Å². The highest BCUT2D eigenvalue weighted by Crippen LogP contribution is 2.40. The molecule has 1 aliphatic heterocycles. The van der Waals surface area contributed by atoms with Gasteiger partial charge in [-0.15, -0.1) is 0 Å². The third kappa shape index (κ3) is 2.66. The van der Waals surface area contributed by atoms with Crippen LogP contribution in [0.25, 0.3) is 0 Å². The second kappa shape index (κ2) is 4.99. The van der Waals surface area contributed by atoms with Gasteiger partial charge in [0.2, 0.25) is 0 Å². The summed E-state index contributed by atoms with van der Waals surface area (Å²) < 4.78 is 14.7. The molecule has 2 atom stereocenters. The first-order chi connectivity index (χ1) is 9.44. The van der Waals surface area contributed by atoms with Gasteiger partial charge in [0, 0.05) is 36.4 Å². The van der Waals surface area contributed by atoms with Crippen LogP contribution in [0.15, 0.2) is 12.3 Å². The summed E-state index contributed by atoms with van der Waals surface area (Å²) in [6, 6.07) is 2.29. The van der Waals surface area contributed by atoms with Crippen LogP contribution in [0.4, 0.5) is 10.2 Å². The second-order valence-corrected chi connectivity index (χ2v) is 7.20. The number of aromatic nitrogens is 1. The highest BCUT2D eigenvalue weighted by Gasteiger charge is 2.39. The molecule has 1 saturated heterocycles. The molecule has 2 fully saturated rings. The molecule has 0 spiro atoms. The molecule has 1 N–H and O–H groups in total. The van der Waals surface area contributed by atoms with Gasteiger partial charge in [0.05, 0.1) is 0 Å². The fourth-order valence-corrected chi connectivity index (χ4v) is 3.35. The van der Waals surface area contributed by atoms with Crippen molar-refractivity contribution in [2.45, 2.75) is 58.2 Å². The van der Waals surface area contributed by atoms with Crippen LogP contribution < -0.4 is 10.2 Å². The van der Waals surface area contributed by atoms with E-state index in [1.165, 1.54) is 19.3 Å². The number of rotatable bonds is 3. The average molecular weight is 277 g/mol. The van der Waals surface area contributed by atoms with Gasteiger partial charge < -0.3 is 10.2 Å². The lowest BCUT2D eigenvalue weighted by Gasteiger charge is -2.29. The molecular weight excluding hydrogens is 253 g/mol. The molecule has 20 heavy (non-hydrogen) atoms. The molecule has 2 bridgehead atoms. The highest BCUT2D eigenvalue weighted by atomic mass is 19.1. The molecule has 2 aliphatic rings. The van der Waals surface area contributed by atoms with E-state index in [0.29, 0.717) is 24.0 Å². The molecule has 2 heterocycles. The third-order valence-corrected chi connectivity index (χ3v) is 4.44. The number of nitrogens with zero attached hydrogens (tertiary/aromatic N) is 2. The number of nitrogens with one attached hydrogen (secondary N) is 1. The molecule has 1 saturated carbocycles. The van der Waals surface area contributed by atoms with Gasteiger partial charge >= 0.3 is 0 Å². The molecule has 0 aromatic carbocycles. The Hall–Kier alpha value is -1.16. The summed E-state index contributed by atoms with van der Waals surface area (Å²) in [4.78, 5) is 6.49. The standard InChI is InChI=1S/C16H24FN3/c1-16(2,3)19-9-12-6-7-18-15(14(12)17)20-10-11-4-5-13(20)8-11/h6-7,11,13,19H,4-5,8-10H2,1-3H3. The summed E-state index contributed by atoms with van der Waals surface area (Å²) in [5.74, 6) is 1.17. The van der Waals surface area contributed by atoms with Crippen molar-refractivity contribution in [1.29, 1.82) is 0 Å². The lowest BCUT2D eigenvalue weighted by atomic mass is 10.1. The number of piperidine rings is 1. The van der Waals surface area contributed by atoms with E-state index in [1.54, 1.807) is 12.3 Å². The molecule has 1 aromatic rings. The van der Waals surface area contributed by atoms with Gasteiger partial charge in [-0.2, -0.15) is 0 Å². The molecule has 0 amide bonds. The van der Waals surface area contributed by atoms with Crippen molar-refractivity contribution in [1.82, 2.24) is 10.3 Å². The number of pyridine rings is 1. The Morgan fingerprint density at radius 2 is 2.20 bits per heavy atom. The fourth-order valence-electron chi connectivity index (χ4n) is 3.35. The van der Waals surface area contributed by atoms with Crippen molar-refractivity contribution in [3.05, 3.63) is 23.6 Å². The Morgan fingerprint density at radius 1 is 1.40 bits per heavy atom. The van der Waals surface area contributed by atoms with Crippen molar-refractivity contribution < 1.29 is 4.39 Å². The minimum atomic E-state index is -0.142. The highest BCUT2D eigenvalue weighted by molar-refractivity contribution is 5.46. The molecule has 3 nitrogen and oxygen atoms in total. The van der Waals surface area contributed by atoms with E-state index in [2.05, 4.69) is 36.0 Å². The maximum atomic E-state index is 14.7. The van der Waals surface area contributed by atoms with Crippen molar-refractivity contribution in [2.75, 3.05) is 11.4 Å². The first kappa shape index (κ1) is 13.8.